The summed E-state index contributed by atoms with van der Waals surface area (Å²) in [6.07, 6.45) is 3.37. The monoisotopic (exact) mass is 461 g/mol. The number of benzene rings is 1. The second-order valence-corrected chi connectivity index (χ2v) is 6.08. The first-order chi connectivity index (χ1) is 11.6. The first-order valence-electron chi connectivity index (χ1n) is 8.64. The van der Waals surface area contributed by atoms with Crippen molar-refractivity contribution in [1.29, 1.82) is 0 Å². The zero-order chi connectivity index (χ0) is 17.8. The molecule has 0 bridgehead atoms. The molecular weight excluding hydrogens is 429 g/mol. The third-order valence-corrected chi connectivity index (χ3v) is 3.99. The second kappa shape index (κ2) is 13.9. The highest BCUT2D eigenvalue weighted by atomic mass is 127. The van der Waals surface area contributed by atoms with Crippen LogP contribution in [0, 0.1) is 6.92 Å². The van der Waals surface area contributed by atoms with E-state index in [1.807, 2.05) is 0 Å². The molecule has 0 radical (unpaired) electrons. The number of halogens is 1. The molecule has 142 valence electrons. The molecule has 0 spiro atoms. The first kappa shape index (κ1) is 23.7. The molecule has 0 aliphatic carbocycles. The van der Waals surface area contributed by atoms with E-state index in [2.05, 4.69) is 58.5 Å². The highest BCUT2D eigenvalue weighted by molar-refractivity contribution is 14.0. The van der Waals surface area contributed by atoms with Gasteiger partial charge in [-0.25, -0.2) is 0 Å². The Hall–Kier alpha value is -1.31. The molecule has 6 heteroatoms. The minimum absolute atomic E-state index is 0. The number of aliphatic imine (C=N–C) groups is 1. The summed E-state index contributed by atoms with van der Waals surface area (Å²) in [7, 11) is 3.21. The van der Waals surface area contributed by atoms with Crippen LogP contribution in [0.15, 0.2) is 29.3 Å². The van der Waals surface area contributed by atoms with E-state index >= 15 is 0 Å². The minimum atomic E-state index is -0.134. The Morgan fingerprint density at radius 2 is 2.00 bits per heavy atom. The van der Waals surface area contributed by atoms with Crippen molar-refractivity contribution in [2.45, 2.75) is 45.4 Å². The third-order valence-electron chi connectivity index (χ3n) is 3.99. The summed E-state index contributed by atoms with van der Waals surface area (Å²) in [4.78, 5) is 15.3. The summed E-state index contributed by atoms with van der Waals surface area (Å²) in [5.74, 6) is 1.11. The molecule has 1 aromatic carbocycles. The number of rotatable bonds is 9. The summed E-state index contributed by atoms with van der Waals surface area (Å²) in [5, 5.41) is 6.68. The van der Waals surface area contributed by atoms with Gasteiger partial charge in [0.05, 0.1) is 7.11 Å². The van der Waals surface area contributed by atoms with Gasteiger partial charge in [0, 0.05) is 26.6 Å². The van der Waals surface area contributed by atoms with E-state index in [0.717, 1.165) is 38.3 Å². The third kappa shape index (κ3) is 10.3. The number of carbonyl (C=O) groups is 1. The molecule has 1 atom stereocenters. The maximum Gasteiger partial charge on any atom is 0.305 e. The normalized spacial score (nSPS) is 12.1. The number of esters is 1. The molecule has 0 aliphatic rings. The van der Waals surface area contributed by atoms with Gasteiger partial charge in [-0.05, 0) is 31.2 Å². The topological polar surface area (TPSA) is 62.7 Å². The van der Waals surface area contributed by atoms with Gasteiger partial charge in [-0.2, -0.15) is 0 Å². The van der Waals surface area contributed by atoms with E-state index in [1.165, 1.54) is 18.2 Å². The van der Waals surface area contributed by atoms with Gasteiger partial charge in [0.2, 0.25) is 0 Å². The molecule has 0 aromatic heterocycles. The predicted molar refractivity (Wildman–Crippen MR) is 115 cm³/mol. The summed E-state index contributed by atoms with van der Waals surface area (Å²) >= 11 is 0. The van der Waals surface area contributed by atoms with Gasteiger partial charge in [0.25, 0.3) is 0 Å². The fraction of sp³-hybridized carbons (Fsp3) is 0.579. The summed E-state index contributed by atoms with van der Waals surface area (Å²) in [6, 6.07) is 8.60. The van der Waals surface area contributed by atoms with Gasteiger partial charge in [0.1, 0.15) is 0 Å². The van der Waals surface area contributed by atoms with Crippen LogP contribution in [0.4, 0.5) is 0 Å². The fourth-order valence-corrected chi connectivity index (χ4v) is 2.44. The van der Waals surface area contributed by atoms with E-state index < -0.39 is 0 Å². The van der Waals surface area contributed by atoms with Crippen molar-refractivity contribution < 1.29 is 9.53 Å². The number of hydrogen-bond acceptors (Lipinski definition) is 3. The fourth-order valence-electron chi connectivity index (χ4n) is 2.44. The molecule has 1 rings (SSSR count). The lowest BCUT2D eigenvalue weighted by Gasteiger charge is -2.16. The van der Waals surface area contributed by atoms with E-state index in [1.54, 1.807) is 7.05 Å². The molecule has 1 unspecified atom stereocenters. The minimum Gasteiger partial charge on any atom is -0.469 e. The number of hydrogen-bond donors (Lipinski definition) is 2. The van der Waals surface area contributed by atoms with E-state index in [0.29, 0.717) is 12.3 Å². The average Bonchev–Trinajstić information content (AvgIpc) is 2.59. The van der Waals surface area contributed by atoms with Gasteiger partial charge in [-0.3, -0.25) is 9.79 Å². The molecular formula is C19H32IN3O2. The Labute approximate surface area is 169 Å². The van der Waals surface area contributed by atoms with Crippen LogP contribution in [0.1, 0.15) is 49.7 Å². The SMILES string of the molecule is CN=C(NCCCCCC(=O)OC)NCC(C)c1cccc(C)c1.I. The number of carbonyl (C=O) groups excluding carboxylic acids is 1. The molecule has 0 aliphatic heterocycles. The molecule has 1 aromatic rings. The highest BCUT2D eigenvalue weighted by Gasteiger charge is 2.07. The van der Waals surface area contributed by atoms with E-state index in [-0.39, 0.29) is 29.9 Å². The zero-order valence-electron chi connectivity index (χ0n) is 15.8. The van der Waals surface area contributed by atoms with Gasteiger partial charge in [-0.15, -0.1) is 24.0 Å². The smallest absolute Gasteiger partial charge is 0.305 e. The Bertz CT molecular complexity index is 535. The van der Waals surface area contributed by atoms with Crippen molar-refractivity contribution in [3.05, 3.63) is 35.4 Å². The van der Waals surface area contributed by atoms with Crippen molar-refractivity contribution in [3.8, 4) is 0 Å². The van der Waals surface area contributed by atoms with Crippen molar-refractivity contribution in [2.24, 2.45) is 4.99 Å². The number of nitrogens with one attached hydrogen (secondary N) is 2. The standard InChI is InChI=1S/C19H31N3O2.HI/c1-15-9-8-10-17(13-15)16(2)14-22-19(20-3)21-12-7-5-6-11-18(23)24-4;/h8-10,13,16H,5-7,11-12,14H2,1-4H3,(H2,20,21,22);1H. The van der Waals surface area contributed by atoms with Crippen molar-refractivity contribution in [1.82, 2.24) is 10.6 Å². The van der Waals surface area contributed by atoms with Gasteiger partial charge >= 0.3 is 5.97 Å². The van der Waals surface area contributed by atoms with Crippen molar-refractivity contribution >= 4 is 35.9 Å². The van der Waals surface area contributed by atoms with E-state index in [4.69, 9.17) is 0 Å². The largest absolute Gasteiger partial charge is 0.469 e. The molecule has 0 saturated heterocycles. The highest BCUT2D eigenvalue weighted by Crippen LogP contribution is 2.15. The van der Waals surface area contributed by atoms with Gasteiger partial charge < -0.3 is 15.4 Å². The molecule has 2 N–H and O–H groups in total. The number of guanidine groups is 1. The predicted octanol–water partition coefficient (Wildman–Crippen LogP) is 3.61. The Morgan fingerprint density at radius 3 is 2.64 bits per heavy atom. The molecule has 0 amide bonds. The molecule has 0 saturated carbocycles. The summed E-state index contributed by atoms with van der Waals surface area (Å²) < 4.78 is 4.63. The van der Waals surface area contributed by atoms with Crippen molar-refractivity contribution in [3.63, 3.8) is 0 Å². The molecule has 25 heavy (non-hydrogen) atoms. The van der Waals surface area contributed by atoms with Crippen molar-refractivity contribution in [2.75, 3.05) is 27.2 Å². The number of methoxy groups -OCH3 is 1. The number of nitrogens with zero attached hydrogens (tertiary/aromatic N) is 1. The Balaban J connectivity index is 0.00000576. The van der Waals surface area contributed by atoms with Crippen LogP contribution < -0.4 is 10.6 Å². The van der Waals surface area contributed by atoms with Crippen LogP contribution in [-0.2, 0) is 9.53 Å². The van der Waals surface area contributed by atoms with Crippen LogP contribution in [-0.4, -0.2) is 39.2 Å². The maximum absolute atomic E-state index is 11.0. The average molecular weight is 461 g/mol. The first-order valence-corrected chi connectivity index (χ1v) is 8.64. The number of unbranched alkanes of at least 4 members (excludes halogenated alkanes) is 2. The molecule has 0 fully saturated rings. The summed E-state index contributed by atoms with van der Waals surface area (Å²) in [5.41, 5.74) is 2.62. The maximum atomic E-state index is 11.0. The zero-order valence-corrected chi connectivity index (χ0v) is 18.1. The molecule has 0 heterocycles. The number of aryl methyl sites for hydroxylation is 1. The number of ether oxygens (including phenoxy) is 1. The van der Waals surface area contributed by atoms with Crippen LogP contribution in [0.3, 0.4) is 0 Å². The van der Waals surface area contributed by atoms with Crippen LogP contribution >= 0.6 is 24.0 Å². The van der Waals surface area contributed by atoms with E-state index in [9.17, 15) is 4.79 Å². The Kier molecular flexibility index (Phi) is 13.2. The Morgan fingerprint density at radius 1 is 1.24 bits per heavy atom. The second-order valence-electron chi connectivity index (χ2n) is 6.08. The lowest BCUT2D eigenvalue weighted by Crippen LogP contribution is -2.39. The lowest BCUT2D eigenvalue weighted by molar-refractivity contribution is -0.140. The molecule has 5 nitrogen and oxygen atoms in total. The summed E-state index contributed by atoms with van der Waals surface area (Å²) in [6.45, 7) is 6.01. The quantitative estimate of drug-likeness (QED) is 0.194. The van der Waals surface area contributed by atoms with Crippen LogP contribution in [0.25, 0.3) is 0 Å². The van der Waals surface area contributed by atoms with Gasteiger partial charge in [-0.1, -0.05) is 43.2 Å². The van der Waals surface area contributed by atoms with Gasteiger partial charge in [0.15, 0.2) is 5.96 Å². The van der Waals surface area contributed by atoms with Crippen LogP contribution in [0.5, 0.6) is 0 Å². The lowest BCUT2D eigenvalue weighted by atomic mass is 9.99. The van der Waals surface area contributed by atoms with Crippen LogP contribution in [0.2, 0.25) is 0 Å².